The number of hydrogen-bond donors (Lipinski definition) is 1. The van der Waals surface area contributed by atoms with Crippen molar-refractivity contribution < 1.29 is 9.90 Å². The van der Waals surface area contributed by atoms with E-state index in [4.69, 9.17) is 10.4 Å². The van der Waals surface area contributed by atoms with Crippen LogP contribution in [0.25, 0.3) is 0 Å². The maximum absolute atomic E-state index is 10.6. The molecule has 3 nitrogen and oxygen atoms in total. The fourth-order valence-corrected chi connectivity index (χ4v) is 2.21. The highest BCUT2D eigenvalue weighted by Crippen LogP contribution is 2.21. The summed E-state index contributed by atoms with van der Waals surface area (Å²) in [6.07, 6.45) is 0.753. The standard InChI is InChI=1S/C11H10INO2/c1-2-7-3-4-8(5-10(14)15)11(12)9(7)6-13/h3-4H,2,5H2,1H3,(H,14,15). The first-order valence-corrected chi connectivity index (χ1v) is 5.60. The molecule has 0 bridgehead atoms. The van der Waals surface area contributed by atoms with Crippen LogP contribution in [0, 0.1) is 14.9 Å². The smallest absolute Gasteiger partial charge is 0.307 e. The lowest BCUT2D eigenvalue weighted by atomic mass is 10.0. The first-order chi connectivity index (χ1) is 7.10. The number of aryl methyl sites for hydroxylation is 1. The van der Waals surface area contributed by atoms with Crippen molar-refractivity contribution in [3.63, 3.8) is 0 Å². The minimum absolute atomic E-state index is 0.0308. The Balaban J connectivity index is 3.24. The predicted octanol–water partition coefficient (Wildman–Crippen LogP) is 2.35. The summed E-state index contributed by atoms with van der Waals surface area (Å²) in [5, 5.41) is 17.7. The normalized spacial score (nSPS) is 9.67. The predicted molar refractivity (Wildman–Crippen MR) is 64.6 cm³/mol. The SMILES string of the molecule is CCc1ccc(CC(=O)O)c(I)c1C#N. The quantitative estimate of drug-likeness (QED) is 0.871. The summed E-state index contributed by atoms with van der Waals surface area (Å²) in [6.45, 7) is 1.98. The lowest BCUT2D eigenvalue weighted by Gasteiger charge is -2.07. The number of carboxylic acid groups (broad SMARTS) is 1. The van der Waals surface area contributed by atoms with E-state index in [9.17, 15) is 4.79 Å². The fourth-order valence-electron chi connectivity index (χ4n) is 1.37. The van der Waals surface area contributed by atoms with Gasteiger partial charge in [-0.3, -0.25) is 4.79 Å². The Kier molecular flexibility index (Phi) is 4.09. The molecule has 15 heavy (non-hydrogen) atoms. The fraction of sp³-hybridized carbons (Fsp3) is 0.273. The molecule has 0 saturated carbocycles. The van der Waals surface area contributed by atoms with Crippen molar-refractivity contribution in [2.45, 2.75) is 19.8 Å². The molecule has 0 aliphatic carbocycles. The van der Waals surface area contributed by atoms with E-state index in [1.54, 1.807) is 6.07 Å². The molecular weight excluding hydrogens is 305 g/mol. The van der Waals surface area contributed by atoms with Crippen LogP contribution in [0.3, 0.4) is 0 Å². The van der Waals surface area contributed by atoms with Crippen LogP contribution in [0.4, 0.5) is 0 Å². The molecule has 0 atom stereocenters. The Morgan fingerprint density at radius 2 is 2.13 bits per heavy atom. The second-order valence-corrected chi connectivity index (χ2v) is 4.19. The average molecular weight is 315 g/mol. The summed E-state index contributed by atoms with van der Waals surface area (Å²) in [5.74, 6) is -0.874. The maximum atomic E-state index is 10.6. The van der Waals surface area contributed by atoms with E-state index < -0.39 is 5.97 Å². The zero-order valence-electron chi connectivity index (χ0n) is 8.25. The van der Waals surface area contributed by atoms with Crippen molar-refractivity contribution in [2.24, 2.45) is 0 Å². The molecule has 0 radical (unpaired) electrons. The summed E-state index contributed by atoms with van der Waals surface area (Å²) < 4.78 is 0.761. The number of carboxylic acids is 1. The highest BCUT2D eigenvalue weighted by Gasteiger charge is 2.11. The first-order valence-electron chi connectivity index (χ1n) is 4.52. The van der Waals surface area contributed by atoms with E-state index in [0.29, 0.717) is 11.1 Å². The Bertz CT molecular complexity index is 435. The number of carbonyl (C=O) groups is 1. The zero-order valence-corrected chi connectivity index (χ0v) is 10.4. The van der Waals surface area contributed by atoms with Gasteiger partial charge < -0.3 is 5.11 Å². The molecule has 0 spiro atoms. The van der Waals surface area contributed by atoms with Gasteiger partial charge in [-0.2, -0.15) is 5.26 Å². The third kappa shape index (κ3) is 2.69. The van der Waals surface area contributed by atoms with Crippen LogP contribution in [0.1, 0.15) is 23.6 Å². The van der Waals surface area contributed by atoms with Gasteiger partial charge in [-0.25, -0.2) is 0 Å². The molecule has 0 aliphatic rings. The van der Waals surface area contributed by atoms with Gasteiger partial charge in [0.05, 0.1) is 12.0 Å². The van der Waals surface area contributed by atoms with Crippen molar-refractivity contribution in [3.8, 4) is 6.07 Å². The molecule has 1 aromatic rings. The molecule has 78 valence electrons. The molecule has 0 aromatic heterocycles. The number of rotatable bonds is 3. The van der Waals surface area contributed by atoms with Crippen LogP contribution < -0.4 is 0 Å². The summed E-state index contributed by atoms with van der Waals surface area (Å²) in [7, 11) is 0. The van der Waals surface area contributed by atoms with Crippen molar-refractivity contribution >= 4 is 28.6 Å². The van der Waals surface area contributed by atoms with E-state index in [-0.39, 0.29) is 6.42 Å². The number of halogens is 1. The summed E-state index contributed by atoms with van der Waals surface area (Å²) in [4.78, 5) is 10.6. The van der Waals surface area contributed by atoms with E-state index in [2.05, 4.69) is 6.07 Å². The summed E-state index contributed by atoms with van der Waals surface area (Å²) >= 11 is 2.04. The van der Waals surface area contributed by atoms with Crippen molar-refractivity contribution in [1.29, 1.82) is 5.26 Å². The highest BCUT2D eigenvalue weighted by molar-refractivity contribution is 14.1. The van der Waals surface area contributed by atoms with Gasteiger partial charge in [0.25, 0.3) is 0 Å². The molecule has 4 heteroatoms. The molecule has 0 fully saturated rings. The van der Waals surface area contributed by atoms with Crippen molar-refractivity contribution in [3.05, 3.63) is 32.4 Å². The van der Waals surface area contributed by atoms with Crippen molar-refractivity contribution in [2.75, 3.05) is 0 Å². The molecule has 0 aliphatic heterocycles. The van der Waals surface area contributed by atoms with Crippen LogP contribution in [0.2, 0.25) is 0 Å². The number of nitriles is 1. The average Bonchev–Trinajstić information content (AvgIpc) is 2.20. The number of hydrogen-bond acceptors (Lipinski definition) is 2. The molecular formula is C11H10INO2. The van der Waals surface area contributed by atoms with Crippen LogP contribution in [-0.4, -0.2) is 11.1 Å². The Morgan fingerprint density at radius 3 is 2.60 bits per heavy atom. The van der Waals surface area contributed by atoms with Crippen LogP contribution in [-0.2, 0) is 17.6 Å². The summed E-state index contributed by atoms with van der Waals surface area (Å²) in [6, 6.07) is 5.75. The van der Waals surface area contributed by atoms with Crippen LogP contribution in [0.5, 0.6) is 0 Å². The van der Waals surface area contributed by atoms with Crippen molar-refractivity contribution in [1.82, 2.24) is 0 Å². The Hall–Kier alpha value is -1.09. The summed E-state index contributed by atoms with van der Waals surface area (Å²) in [5.41, 5.74) is 2.28. The van der Waals surface area contributed by atoms with Gasteiger partial charge in [0, 0.05) is 3.57 Å². The minimum Gasteiger partial charge on any atom is -0.481 e. The molecule has 0 amide bonds. The van der Waals surface area contributed by atoms with E-state index >= 15 is 0 Å². The van der Waals surface area contributed by atoms with Gasteiger partial charge in [-0.15, -0.1) is 0 Å². The van der Waals surface area contributed by atoms with Gasteiger partial charge in [-0.1, -0.05) is 19.1 Å². The first kappa shape index (κ1) is 12.0. The number of aliphatic carboxylic acids is 1. The van der Waals surface area contributed by atoms with Gasteiger partial charge in [-0.05, 0) is 40.1 Å². The minimum atomic E-state index is -0.874. The highest BCUT2D eigenvalue weighted by atomic mass is 127. The molecule has 0 heterocycles. The van der Waals surface area contributed by atoms with Gasteiger partial charge >= 0.3 is 5.97 Å². The zero-order chi connectivity index (χ0) is 11.4. The third-order valence-electron chi connectivity index (χ3n) is 2.14. The molecule has 1 aromatic carbocycles. The lowest BCUT2D eigenvalue weighted by molar-refractivity contribution is -0.136. The largest absolute Gasteiger partial charge is 0.481 e. The molecule has 1 rings (SSSR count). The number of nitrogens with zero attached hydrogens (tertiary/aromatic N) is 1. The second kappa shape index (κ2) is 5.12. The lowest BCUT2D eigenvalue weighted by Crippen LogP contribution is -2.04. The topological polar surface area (TPSA) is 61.1 Å². The van der Waals surface area contributed by atoms with Gasteiger partial charge in [0.15, 0.2) is 0 Å². The van der Waals surface area contributed by atoms with Crippen LogP contribution >= 0.6 is 22.6 Å². The third-order valence-corrected chi connectivity index (χ3v) is 3.37. The Morgan fingerprint density at radius 1 is 1.53 bits per heavy atom. The van der Waals surface area contributed by atoms with Crippen LogP contribution in [0.15, 0.2) is 12.1 Å². The maximum Gasteiger partial charge on any atom is 0.307 e. The monoisotopic (exact) mass is 315 g/mol. The van der Waals surface area contributed by atoms with E-state index in [0.717, 1.165) is 15.6 Å². The molecule has 0 saturated heterocycles. The van der Waals surface area contributed by atoms with Gasteiger partial charge in [0.2, 0.25) is 0 Å². The molecule has 1 N–H and O–H groups in total. The van der Waals surface area contributed by atoms with E-state index in [1.165, 1.54) is 0 Å². The second-order valence-electron chi connectivity index (χ2n) is 3.11. The Labute approximate surface area is 102 Å². The van der Waals surface area contributed by atoms with E-state index in [1.807, 2.05) is 35.6 Å². The van der Waals surface area contributed by atoms with Gasteiger partial charge in [0.1, 0.15) is 6.07 Å². The molecule has 0 unspecified atom stereocenters. The number of benzene rings is 1.